The summed E-state index contributed by atoms with van der Waals surface area (Å²) in [6.07, 6.45) is 3.53. The number of fused-ring (bicyclic) bond motifs is 24. The van der Waals surface area contributed by atoms with Gasteiger partial charge in [0.15, 0.2) is 5.82 Å². The third-order valence-electron chi connectivity index (χ3n) is 28.2. The van der Waals surface area contributed by atoms with Gasteiger partial charge in [0.1, 0.15) is 0 Å². The summed E-state index contributed by atoms with van der Waals surface area (Å²) >= 11 is 0. The third kappa shape index (κ3) is 14.1. The fourth-order valence-electron chi connectivity index (χ4n) is 21.7. The van der Waals surface area contributed by atoms with E-state index in [0.29, 0.717) is 5.82 Å². The summed E-state index contributed by atoms with van der Waals surface area (Å²) in [4.78, 5) is 30.6. The van der Waals surface area contributed by atoms with Crippen molar-refractivity contribution in [3.8, 4) is 107 Å². The van der Waals surface area contributed by atoms with Crippen LogP contribution in [0.3, 0.4) is 0 Å². The first-order valence-electron chi connectivity index (χ1n) is 47.9. The molecule has 0 fully saturated rings. The van der Waals surface area contributed by atoms with Crippen molar-refractivity contribution in [2.45, 2.75) is 0 Å². The number of aromatic nitrogens is 9. The van der Waals surface area contributed by atoms with E-state index in [0.717, 1.165) is 123 Å². The molecule has 0 radical (unpaired) electrons. The minimum absolute atomic E-state index is 0.703. The molecular weight excluding hydrogens is 1710 g/mol. The zero-order valence-corrected chi connectivity index (χ0v) is 76.4. The van der Waals surface area contributed by atoms with Gasteiger partial charge in [-0.2, -0.15) is 0 Å². The van der Waals surface area contributed by atoms with Gasteiger partial charge in [0, 0.05) is 111 Å². The van der Waals surface area contributed by atoms with Crippen LogP contribution in [0.25, 0.3) is 270 Å². The van der Waals surface area contributed by atoms with E-state index < -0.39 is 0 Å². The van der Waals surface area contributed by atoms with Crippen LogP contribution in [0.5, 0.6) is 0 Å². The molecule has 0 atom stereocenters. The van der Waals surface area contributed by atoms with Crippen LogP contribution in [-0.2, 0) is 0 Å². The molecule has 0 aliphatic rings. The van der Waals surface area contributed by atoms with Gasteiger partial charge in [-0.05, 0) is 155 Å². The average molecular weight is 1800 g/mol. The molecular formula is C132H83N9. The van der Waals surface area contributed by atoms with Crippen LogP contribution in [0.15, 0.2) is 504 Å². The Hall–Kier alpha value is -19.0. The molecule has 656 valence electrons. The molecule has 29 rings (SSSR count). The highest BCUT2D eigenvalue weighted by atomic mass is 15.0. The van der Waals surface area contributed by atoms with E-state index >= 15 is 0 Å². The quantitative estimate of drug-likeness (QED) is 0.128. The van der Waals surface area contributed by atoms with E-state index in [4.69, 9.17) is 19.9 Å². The fourth-order valence-corrected chi connectivity index (χ4v) is 21.7. The maximum absolute atomic E-state index is 5.40. The van der Waals surface area contributed by atoms with E-state index in [1.54, 1.807) is 12.4 Å². The van der Waals surface area contributed by atoms with Crippen LogP contribution in [0.1, 0.15) is 0 Å². The Labute approximate surface area is 811 Å². The minimum Gasteiger partial charge on any atom is -0.309 e. The maximum Gasteiger partial charge on any atom is 0.160 e. The zero-order chi connectivity index (χ0) is 93.0. The maximum atomic E-state index is 5.40. The monoisotopic (exact) mass is 1790 g/mol. The normalized spacial score (nSPS) is 11.7. The summed E-state index contributed by atoms with van der Waals surface area (Å²) in [7, 11) is 0. The largest absolute Gasteiger partial charge is 0.309 e. The fraction of sp³-hybridized carbons (Fsp3) is 0. The Morgan fingerprint density at radius 2 is 0.553 bits per heavy atom. The standard InChI is InChI=1S/C52H33N3.C46H29N3.C34H21N3/c1-3-12-34(13-4-1)36-22-24-39(25-23-36)52-53-47-30-28-42(33-46(47)50(54-52)41-19-11-18-40(32-41)35-14-5-2-6-15-35)55-48-31-27-37-16-7-9-20-43(37)49(48)45-29-26-38-17-8-10-21-44(38)51(45)55;1-3-15-32(16-4-1)43-44(33-17-5-2-6-18-33)48-45-37(23-12-24-40(45)47-43)34-19-11-20-35(29-34)49-41-28-26-30-13-7-9-21-36(30)42(41)39-27-25-31-14-8-10-22-38(31)46(39)49;1-2-8-22(9-3-1)28-20-29-30(36-19-18-35-29)21-32(28)37-31-17-15-23-10-4-6-12-25(23)33(31)27-16-14-24-11-5-7-13-26(24)34(27)37/h1-33H;1-29H;1-21H. The Balaban J connectivity index is 0.000000108. The molecule has 0 spiro atoms. The van der Waals surface area contributed by atoms with Gasteiger partial charge in [0.25, 0.3) is 0 Å². The lowest BCUT2D eigenvalue weighted by Gasteiger charge is -2.16. The van der Waals surface area contributed by atoms with Gasteiger partial charge < -0.3 is 13.7 Å². The average Bonchev–Trinajstić information content (AvgIpc) is 1.56. The summed E-state index contributed by atoms with van der Waals surface area (Å²) in [5.41, 5.74) is 30.8. The van der Waals surface area contributed by atoms with E-state index in [2.05, 4.69) is 497 Å². The van der Waals surface area contributed by atoms with Crippen LogP contribution in [0, 0.1) is 0 Å². The molecule has 0 saturated carbocycles. The molecule has 0 aliphatic heterocycles. The van der Waals surface area contributed by atoms with Crippen molar-refractivity contribution in [1.82, 2.24) is 43.6 Å². The second-order valence-electron chi connectivity index (χ2n) is 36.2. The van der Waals surface area contributed by atoms with Crippen molar-refractivity contribution in [3.63, 3.8) is 0 Å². The van der Waals surface area contributed by atoms with Crippen molar-refractivity contribution in [2.24, 2.45) is 0 Å². The Kier molecular flexibility index (Phi) is 19.8. The molecule has 23 aromatic carbocycles. The van der Waals surface area contributed by atoms with Crippen LogP contribution in [0.2, 0.25) is 0 Å². The number of hydrogen-bond acceptors (Lipinski definition) is 6. The number of para-hydroxylation sites is 1. The van der Waals surface area contributed by atoms with Crippen LogP contribution >= 0.6 is 0 Å². The van der Waals surface area contributed by atoms with Crippen molar-refractivity contribution in [3.05, 3.63) is 504 Å². The first-order valence-corrected chi connectivity index (χ1v) is 47.9. The predicted molar refractivity (Wildman–Crippen MR) is 590 cm³/mol. The summed E-state index contributed by atoms with van der Waals surface area (Å²) in [6, 6.07) is 175. The highest BCUT2D eigenvalue weighted by Gasteiger charge is 2.26. The summed E-state index contributed by atoms with van der Waals surface area (Å²) < 4.78 is 7.33. The van der Waals surface area contributed by atoms with Crippen molar-refractivity contribution in [1.29, 1.82) is 0 Å². The molecule has 141 heavy (non-hydrogen) atoms. The van der Waals surface area contributed by atoms with Gasteiger partial charge in [-0.15, -0.1) is 0 Å². The first kappa shape index (κ1) is 81.6. The molecule has 0 N–H and O–H groups in total. The van der Waals surface area contributed by atoms with Crippen molar-refractivity contribution < 1.29 is 0 Å². The number of nitrogens with zero attached hydrogens (tertiary/aromatic N) is 9. The summed E-state index contributed by atoms with van der Waals surface area (Å²) in [6.45, 7) is 0. The van der Waals surface area contributed by atoms with Gasteiger partial charge >= 0.3 is 0 Å². The first-order chi connectivity index (χ1) is 69.9. The van der Waals surface area contributed by atoms with E-state index in [-0.39, 0.29) is 0 Å². The highest BCUT2D eigenvalue weighted by Crippen LogP contribution is 2.48. The molecule has 6 aromatic heterocycles. The smallest absolute Gasteiger partial charge is 0.160 e. The molecule has 9 nitrogen and oxygen atoms in total. The molecule has 9 heteroatoms. The van der Waals surface area contributed by atoms with Gasteiger partial charge in [-0.25, -0.2) is 19.9 Å². The predicted octanol–water partition coefficient (Wildman–Crippen LogP) is 34.4. The van der Waals surface area contributed by atoms with Gasteiger partial charge in [0.2, 0.25) is 0 Å². The molecule has 0 amide bonds. The van der Waals surface area contributed by atoms with Gasteiger partial charge in [0.05, 0.1) is 83.5 Å². The van der Waals surface area contributed by atoms with Gasteiger partial charge in [-0.1, -0.05) is 419 Å². The molecule has 0 unspecified atom stereocenters. The van der Waals surface area contributed by atoms with Crippen LogP contribution in [0.4, 0.5) is 0 Å². The molecule has 0 aliphatic carbocycles. The van der Waals surface area contributed by atoms with Crippen molar-refractivity contribution in [2.75, 3.05) is 0 Å². The molecule has 6 heterocycles. The summed E-state index contributed by atoms with van der Waals surface area (Å²) in [5.74, 6) is 0.703. The molecule has 29 aromatic rings. The third-order valence-corrected chi connectivity index (χ3v) is 28.2. The lowest BCUT2D eigenvalue weighted by molar-refractivity contribution is 1.18. The van der Waals surface area contributed by atoms with Crippen molar-refractivity contribution >= 4 is 163 Å². The molecule has 0 saturated heterocycles. The van der Waals surface area contributed by atoms with E-state index in [1.165, 1.54) is 141 Å². The second kappa shape index (κ2) is 34.1. The van der Waals surface area contributed by atoms with Gasteiger partial charge in [-0.3, -0.25) is 9.97 Å². The lowest BCUT2D eigenvalue weighted by Crippen LogP contribution is -1.99. The Bertz CT molecular complexity index is 10100. The van der Waals surface area contributed by atoms with E-state index in [1.807, 2.05) is 18.2 Å². The SMILES string of the molecule is c1ccc(-c2cc3nccnc3cc2-n2c3ccc4ccccc4c3c3ccc4ccccc4c32)cc1.c1ccc(-c2ccc(-c3nc(-c4cccc(-c5ccccc5)c4)c4cc(-n5c6ccc7ccccc7c6c6ccc7ccccc7c65)ccc4n3)cc2)cc1.c1ccc(-c2nc3cccc(-c4cccc(-n5c6ccc7ccccc7c6c6ccc7ccccc7c65)c4)c3nc2-c2ccccc2)cc1. The Morgan fingerprint density at radius 3 is 1.08 bits per heavy atom. The van der Waals surface area contributed by atoms with Crippen LogP contribution < -0.4 is 0 Å². The topological polar surface area (TPSA) is 92.1 Å². The lowest BCUT2D eigenvalue weighted by atomic mass is 9.99. The zero-order valence-electron chi connectivity index (χ0n) is 76.4. The highest BCUT2D eigenvalue weighted by molar-refractivity contribution is 6.29. The number of rotatable bonds is 11. The van der Waals surface area contributed by atoms with E-state index in [9.17, 15) is 0 Å². The number of hydrogen-bond donors (Lipinski definition) is 0. The van der Waals surface area contributed by atoms with Crippen LogP contribution in [-0.4, -0.2) is 43.6 Å². The molecule has 0 bridgehead atoms. The minimum atomic E-state index is 0.703. The Morgan fingerprint density at radius 1 is 0.170 bits per heavy atom. The second-order valence-corrected chi connectivity index (χ2v) is 36.2. The summed E-state index contributed by atoms with van der Waals surface area (Å²) in [5, 5.41) is 23.5. The number of benzene rings is 23.